The Bertz CT molecular complexity index is 882. The summed E-state index contributed by atoms with van der Waals surface area (Å²) < 4.78 is 5.75. The maximum atomic E-state index is 5.75. The molecule has 0 fully saturated rings. The molecule has 3 aromatic rings. The van der Waals surface area contributed by atoms with Gasteiger partial charge in [0.2, 0.25) is 0 Å². The Labute approximate surface area is 195 Å². The molecular formula is C30H39NO. The summed E-state index contributed by atoms with van der Waals surface area (Å²) in [5, 5.41) is 0. The predicted octanol–water partition coefficient (Wildman–Crippen LogP) is 8.23. The molecule has 2 nitrogen and oxygen atoms in total. The van der Waals surface area contributed by atoms with Crippen LogP contribution in [0.2, 0.25) is 0 Å². The first-order valence-corrected chi connectivity index (χ1v) is 12.5. The molecule has 0 N–H and O–H groups in total. The van der Waals surface area contributed by atoms with Crippen molar-refractivity contribution in [3.8, 4) is 17.0 Å². The second kappa shape index (κ2) is 13.7. The van der Waals surface area contributed by atoms with E-state index in [-0.39, 0.29) is 0 Å². The highest BCUT2D eigenvalue weighted by molar-refractivity contribution is 5.59. The van der Waals surface area contributed by atoms with E-state index in [1.54, 1.807) is 0 Å². The number of nitrogens with zero attached hydrogens (tertiary/aromatic N) is 1. The number of aromatic nitrogens is 1. The highest BCUT2D eigenvalue weighted by Crippen LogP contribution is 2.20. The summed E-state index contributed by atoms with van der Waals surface area (Å²) >= 11 is 0. The quantitative estimate of drug-likeness (QED) is 0.241. The Balaban J connectivity index is 1.45. The van der Waals surface area contributed by atoms with E-state index in [0.29, 0.717) is 0 Å². The maximum Gasteiger partial charge on any atom is 0.119 e. The van der Waals surface area contributed by atoms with Gasteiger partial charge < -0.3 is 4.74 Å². The molecule has 0 aliphatic heterocycles. The molecule has 1 heterocycles. The third-order valence-corrected chi connectivity index (χ3v) is 6.04. The Morgan fingerprint density at radius 3 is 1.84 bits per heavy atom. The number of pyridine rings is 1. The molecule has 0 radical (unpaired) electrons. The monoisotopic (exact) mass is 429 g/mol. The molecule has 0 saturated heterocycles. The number of aryl methyl sites for hydroxylation is 3. The van der Waals surface area contributed by atoms with Crippen molar-refractivity contribution in [3.63, 3.8) is 0 Å². The van der Waals surface area contributed by atoms with Crippen LogP contribution in [0.15, 0.2) is 66.9 Å². The highest BCUT2D eigenvalue weighted by atomic mass is 16.5. The fraction of sp³-hybridized carbons (Fsp3) is 0.433. The molecule has 2 heteroatoms. The van der Waals surface area contributed by atoms with Crippen molar-refractivity contribution in [3.05, 3.63) is 83.6 Å². The van der Waals surface area contributed by atoms with Crippen molar-refractivity contribution in [1.82, 2.24) is 4.98 Å². The standard InChI is InChI=1S/C30H39NO/c1-3-5-7-8-9-10-27-17-22-30(31-24-27)28-18-13-25(14-19-28)11-12-26-15-20-29(21-16-26)32-23-6-4-2/h13-22,24H,3-12,23H2,1-2H3. The summed E-state index contributed by atoms with van der Waals surface area (Å²) in [5.74, 6) is 0.974. The van der Waals surface area contributed by atoms with Crippen molar-refractivity contribution in [2.75, 3.05) is 6.61 Å². The molecule has 0 aliphatic carbocycles. The SMILES string of the molecule is CCCCCCCc1ccc(-c2ccc(CCc3ccc(OCCCC)cc3)cc2)nc1. The van der Waals surface area contributed by atoms with E-state index in [1.807, 2.05) is 0 Å². The van der Waals surface area contributed by atoms with Crippen LogP contribution in [-0.2, 0) is 19.3 Å². The molecule has 0 saturated carbocycles. The van der Waals surface area contributed by atoms with E-state index >= 15 is 0 Å². The summed E-state index contributed by atoms with van der Waals surface area (Å²) in [4.78, 5) is 4.71. The molecule has 2 aromatic carbocycles. The van der Waals surface area contributed by atoms with Crippen LogP contribution < -0.4 is 4.74 Å². The van der Waals surface area contributed by atoms with Gasteiger partial charge in [0.1, 0.15) is 5.75 Å². The van der Waals surface area contributed by atoms with Crippen LogP contribution in [0.25, 0.3) is 11.3 Å². The van der Waals surface area contributed by atoms with Crippen molar-refractivity contribution in [1.29, 1.82) is 0 Å². The summed E-state index contributed by atoms with van der Waals surface area (Å²) in [7, 11) is 0. The molecular weight excluding hydrogens is 390 g/mol. The second-order valence-corrected chi connectivity index (χ2v) is 8.76. The van der Waals surface area contributed by atoms with Gasteiger partial charge in [-0.1, -0.05) is 88.4 Å². The highest BCUT2D eigenvalue weighted by Gasteiger charge is 2.02. The summed E-state index contributed by atoms with van der Waals surface area (Å²) in [6.07, 6.45) is 14.2. The van der Waals surface area contributed by atoms with Crippen LogP contribution in [0.1, 0.15) is 75.5 Å². The van der Waals surface area contributed by atoms with E-state index in [4.69, 9.17) is 9.72 Å². The molecule has 0 bridgehead atoms. The topological polar surface area (TPSA) is 22.1 Å². The lowest BCUT2D eigenvalue weighted by Gasteiger charge is -2.08. The van der Waals surface area contributed by atoms with Gasteiger partial charge in [-0.05, 0) is 67.0 Å². The van der Waals surface area contributed by atoms with Crippen molar-refractivity contribution in [2.24, 2.45) is 0 Å². The predicted molar refractivity (Wildman–Crippen MR) is 136 cm³/mol. The van der Waals surface area contributed by atoms with E-state index < -0.39 is 0 Å². The van der Waals surface area contributed by atoms with Gasteiger partial charge in [-0.15, -0.1) is 0 Å². The van der Waals surface area contributed by atoms with Gasteiger partial charge in [0.15, 0.2) is 0 Å². The largest absolute Gasteiger partial charge is 0.494 e. The molecule has 0 unspecified atom stereocenters. The van der Waals surface area contributed by atoms with Gasteiger partial charge in [-0.2, -0.15) is 0 Å². The zero-order valence-corrected chi connectivity index (χ0v) is 20.0. The van der Waals surface area contributed by atoms with E-state index in [0.717, 1.165) is 50.2 Å². The molecule has 3 rings (SSSR count). The lowest BCUT2D eigenvalue weighted by Crippen LogP contribution is -1.97. The first kappa shape index (κ1) is 24.0. The Kier molecular flexibility index (Phi) is 10.3. The van der Waals surface area contributed by atoms with Crippen LogP contribution in [0, 0.1) is 0 Å². The summed E-state index contributed by atoms with van der Waals surface area (Å²) in [6, 6.07) is 21.8. The number of benzene rings is 2. The number of ether oxygens (including phenoxy) is 1. The molecule has 0 amide bonds. The number of rotatable bonds is 14. The van der Waals surface area contributed by atoms with Crippen molar-refractivity contribution < 1.29 is 4.74 Å². The maximum absolute atomic E-state index is 5.75. The van der Waals surface area contributed by atoms with Crippen LogP contribution in [0.5, 0.6) is 5.75 Å². The molecule has 0 aliphatic rings. The van der Waals surface area contributed by atoms with Gasteiger partial charge >= 0.3 is 0 Å². The summed E-state index contributed by atoms with van der Waals surface area (Å²) in [5.41, 5.74) is 6.31. The lowest BCUT2D eigenvalue weighted by molar-refractivity contribution is 0.309. The minimum Gasteiger partial charge on any atom is -0.494 e. The average molecular weight is 430 g/mol. The van der Waals surface area contributed by atoms with Gasteiger partial charge in [-0.25, -0.2) is 0 Å². The van der Waals surface area contributed by atoms with Crippen LogP contribution in [0.4, 0.5) is 0 Å². The summed E-state index contributed by atoms with van der Waals surface area (Å²) in [6.45, 7) is 5.25. The molecule has 0 spiro atoms. The lowest BCUT2D eigenvalue weighted by atomic mass is 10.0. The fourth-order valence-corrected chi connectivity index (χ4v) is 3.89. The molecule has 1 aromatic heterocycles. The minimum atomic E-state index is 0.804. The molecule has 170 valence electrons. The van der Waals surface area contributed by atoms with Gasteiger partial charge in [0.05, 0.1) is 12.3 Å². The second-order valence-electron chi connectivity index (χ2n) is 8.76. The average Bonchev–Trinajstić information content (AvgIpc) is 2.84. The third-order valence-electron chi connectivity index (χ3n) is 6.04. The Morgan fingerprint density at radius 2 is 1.22 bits per heavy atom. The van der Waals surface area contributed by atoms with Crippen molar-refractivity contribution in [2.45, 2.75) is 78.1 Å². The molecule has 0 atom stereocenters. The first-order chi connectivity index (χ1) is 15.8. The zero-order valence-electron chi connectivity index (χ0n) is 20.0. The minimum absolute atomic E-state index is 0.804. The Hall–Kier alpha value is -2.61. The van der Waals surface area contributed by atoms with Gasteiger partial charge in [0.25, 0.3) is 0 Å². The molecule has 32 heavy (non-hydrogen) atoms. The smallest absolute Gasteiger partial charge is 0.119 e. The first-order valence-electron chi connectivity index (χ1n) is 12.5. The van der Waals surface area contributed by atoms with E-state index in [1.165, 1.54) is 54.4 Å². The Morgan fingerprint density at radius 1 is 0.594 bits per heavy atom. The van der Waals surface area contributed by atoms with Crippen molar-refractivity contribution >= 4 is 0 Å². The number of unbranched alkanes of at least 4 members (excludes halogenated alkanes) is 5. The fourth-order valence-electron chi connectivity index (χ4n) is 3.89. The third kappa shape index (κ3) is 8.15. The number of hydrogen-bond acceptors (Lipinski definition) is 2. The van der Waals surface area contributed by atoms with Crippen LogP contribution >= 0.6 is 0 Å². The normalized spacial score (nSPS) is 10.9. The zero-order chi connectivity index (χ0) is 22.4. The van der Waals surface area contributed by atoms with Gasteiger partial charge in [-0.3, -0.25) is 4.98 Å². The van der Waals surface area contributed by atoms with E-state index in [2.05, 4.69) is 80.7 Å². The van der Waals surface area contributed by atoms with E-state index in [9.17, 15) is 0 Å². The van der Waals surface area contributed by atoms with Gasteiger partial charge in [0, 0.05) is 11.8 Å². The van der Waals surface area contributed by atoms with Crippen LogP contribution in [0.3, 0.4) is 0 Å². The number of hydrogen-bond donors (Lipinski definition) is 0. The van der Waals surface area contributed by atoms with Crippen LogP contribution in [-0.4, -0.2) is 11.6 Å².